The molecular formula is C13H17ClN2O4. The SMILES string of the molecule is O=[N+]([O-])c1c(Cl)cccc1N1CCC(OCCO)CC1. The summed E-state index contributed by atoms with van der Waals surface area (Å²) in [6.45, 7) is 1.70. The Labute approximate surface area is 122 Å². The number of aliphatic hydroxyl groups excluding tert-OH is 1. The van der Waals surface area contributed by atoms with E-state index in [9.17, 15) is 10.1 Å². The zero-order valence-corrected chi connectivity index (χ0v) is 11.8. The number of rotatable bonds is 5. The first-order chi connectivity index (χ1) is 9.63. The molecule has 1 N–H and O–H groups in total. The normalized spacial score (nSPS) is 16.4. The van der Waals surface area contributed by atoms with Crippen LogP contribution in [0.15, 0.2) is 18.2 Å². The number of hydrogen-bond donors (Lipinski definition) is 1. The summed E-state index contributed by atoms with van der Waals surface area (Å²) in [6.07, 6.45) is 1.67. The lowest BCUT2D eigenvalue weighted by molar-refractivity contribution is -0.384. The molecule has 6 nitrogen and oxygen atoms in total. The van der Waals surface area contributed by atoms with Gasteiger partial charge in [0.2, 0.25) is 0 Å². The van der Waals surface area contributed by atoms with E-state index in [1.165, 1.54) is 6.07 Å². The molecule has 1 aromatic carbocycles. The molecular weight excluding hydrogens is 284 g/mol. The van der Waals surface area contributed by atoms with Gasteiger partial charge in [0.1, 0.15) is 10.7 Å². The van der Waals surface area contributed by atoms with Gasteiger partial charge in [0.05, 0.1) is 24.2 Å². The standard InChI is InChI=1S/C13H17ClN2O4/c14-11-2-1-3-12(13(11)16(18)19)15-6-4-10(5-7-15)20-9-8-17/h1-3,10,17H,4-9H2. The van der Waals surface area contributed by atoms with Crippen LogP contribution in [-0.4, -0.2) is 42.4 Å². The summed E-state index contributed by atoms with van der Waals surface area (Å²) >= 11 is 5.92. The van der Waals surface area contributed by atoms with Crippen molar-refractivity contribution in [2.45, 2.75) is 18.9 Å². The fraction of sp³-hybridized carbons (Fsp3) is 0.538. The Morgan fingerprint density at radius 1 is 1.45 bits per heavy atom. The topological polar surface area (TPSA) is 75.8 Å². The van der Waals surface area contributed by atoms with Gasteiger partial charge in [0.15, 0.2) is 0 Å². The van der Waals surface area contributed by atoms with Gasteiger partial charge in [-0.1, -0.05) is 17.7 Å². The van der Waals surface area contributed by atoms with Crippen molar-refractivity contribution >= 4 is 23.0 Å². The molecule has 1 saturated heterocycles. The number of aliphatic hydroxyl groups is 1. The van der Waals surface area contributed by atoms with Crippen LogP contribution in [0, 0.1) is 10.1 Å². The summed E-state index contributed by atoms with van der Waals surface area (Å²) in [7, 11) is 0. The number of ether oxygens (including phenoxy) is 1. The van der Waals surface area contributed by atoms with Gasteiger partial charge in [0.25, 0.3) is 0 Å². The van der Waals surface area contributed by atoms with E-state index in [0.29, 0.717) is 25.4 Å². The number of para-hydroxylation sites is 1. The minimum absolute atomic E-state index is 0.0139. The number of piperidine rings is 1. The summed E-state index contributed by atoms with van der Waals surface area (Å²) < 4.78 is 5.48. The summed E-state index contributed by atoms with van der Waals surface area (Å²) in [5.41, 5.74) is 0.520. The summed E-state index contributed by atoms with van der Waals surface area (Å²) in [6, 6.07) is 4.97. The van der Waals surface area contributed by atoms with Crippen molar-refractivity contribution in [1.82, 2.24) is 0 Å². The number of benzene rings is 1. The summed E-state index contributed by atoms with van der Waals surface area (Å²) in [4.78, 5) is 12.7. The molecule has 0 atom stereocenters. The molecule has 0 radical (unpaired) electrons. The summed E-state index contributed by atoms with van der Waals surface area (Å²) in [5.74, 6) is 0. The number of halogens is 1. The van der Waals surface area contributed by atoms with Gasteiger partial charge in [-0.15, -0.1) is 0 Å². The van der Waals surface area contributed by atoms with E-state index < -0.39 is 4.92 Å². The fourth-order valence-electron chi connectivity index (χ4n) is 2.42. The fourth-order valence-corrected chi connectivity index (χ4v) is 2.66. The number of anilines is 1. The van der Waals surface area contributed by atoms with Crippen molar-refractivity contribution < 1.29 is 14.8 Å². The Bertz CT molecular complexity index is 475. The van der Waals surface area contributed by atoms with Crippen LogP contribution >= 0.6 is 11.6 Å². The van der Waals surface area contributed by atoms with E-state index >= 15 is 0 Å². The van der Waals surface area contributed by atoms with Crippen LogP contribution in [0.4, 0.5) is 11.4 Å². The van der Waals surface area contributed by atoms with E-state index in [2.05, 4.69) is 0 Å². The molecule has 0 unspecified atom stereocenters. The third-order valence-corrected chi connectivity index (χ3v) is 3.68. The van der Waals surface area contributed by atoms with Crippen LogP contribution in [0.1, 0.15) is 12.8 Å². The van der Waals surface area contributed by atoms with Crippen LogP contribution in [0.3, 0.4) is 0 Å². The minimum atomic E-state index is -0.438. The molecule has 1 aliphatic rings. The molecule has 110 valence electrons. The van der Waals surface area contributed by atoms with Gasteiger partial charge in [-0.05, 0) is 25.0 Å². The predicted octanol–water partition coefficient (Wildman–Crippen LogP) is 2.23. The molecule has 20 heavy (non-hydrogen) atoms. The third-order valence-electron chi connectivity index (χ3n) is 3.38. The molecule has 0 aromatic heterocycles. The highest BCUT2D eigenvalue weighted by atomic mass is 35.5. The van der Waals surface area contributed by atoms with Gasteiger partial charge in [-0.3, -0.25) is 10.1 Å². The Hall–Kier alpha value is -1.37. The van der Waals surface area contributed by atoms with E-state index in [0.717, 1.165) is 12.8 Å². The number of nitrogens with zero attached hydrogens (tertiary/aromatic N) is 2. The van der Waals surface area contributed by atoms with Crippen molar-refractivity contribution in [2.24, 2.45) is 0 Å². The maximum atomic E-state index is 11.1. The van der Waals surface area contributed by atoms with Gasteiger partial charge < -0.3 is 14.7 Å². The molecule has 1 fully saturated rings. The maximum absolute atomic E-state index is 11.1. The van der Waals surface area contributed by atoms with Crippen molar-refractivity contribution in [3.8, 4) is 0 Å². The number of nitro groups is 1. The average Bonchev–Trinajstić information content (AvgIpc) is 2.45. The van der Waals surface area contributed by atoms with Crippen LogP contribution in [0.2, 0.25) is 5.02 Å². The largest absolute Gasteiger partial charge is 0.394 e. The van der Waals surface area contributed by atoms with E-state index in [4.69, 9.17) is 21.4 Å². The zero-order chi connectivity index (χ0) is 14.5. The Morgan fingerprint density at radius 3 is 2.75 bits per heavy atom. The van der Waals surface area contributed by atoms with Crippen molar-refractivity contribution in [2.75, 3.05) is 31.2 Å². The second-order valence-electron chi connectivity index (χ2n) is 4.65. The van der Waals surface area contributed by atoms with Gasteiger partial charge in [-0.2, -0.15) is 0 Å². The van der Waals surface area contributed by atoms with Crippen LogP contribution in [0.25, 0.3) is 0 Å². The van der Waals surface area contributed by atoms with Crippen molar-refractivity contribution in [3.63, 3.8) is 0 Å². The van der Waals surface area contributed by atoms with Gasteiger partial charge >= 0.3 is 5.69 Å². The van der Waals surface area contributed by atoms with Crippen molar-refractivity contribution in [1.29, 1.82) is 0 Å². The first-order valence-corrected chi connectivity index (χ1v) is 6.91. The van der Waals surface area contributed by atoms with Crippen LogP contribution < -0.4 is 4.90 Å². The first kappa shape index (κ1) is 15.0. The maximum Gasteiger partial charge on any atom is 0.310 e. The molecule has 0 spiro atoms. The molecule has 1 aromatic rings. The molecule has 0 bridgehead atoms. The minimum Gasteiger partial charge on any atom is -0.394 e. The second-order valence-corrected chi connectivity index (χ2v) is 5.05. The van der Waals surface area contributed by atoms with Crippen LogP contribution in [0.5, 0.6) is 0 Å². The second kappa shape index (κ2) is 6.88. The Morgan fingerprint density at radius 2 is 2.15 bits per heavy atom. The molecule has 0 aliphatic carbocycles. The molecule has 2 rings (SSSR count). The monoisotopic (exact) mass is 300 g/mol. The molecule has 7 heteroatoms. The molecule has 1 heterocycles. The lowest BCUT2D eigenvalue weighted by atomic mass is 10.1. The smallest absolute Gasteiger partial charge is 0.310 e. The third kappa shape index (κ3) is 3.39. The van der Waals surface area contributed by atoms with E-state index in [1.54, 1.807) is 12.1 Å². The lowest BCUT2D eigenvalue weighted by Crippen LogP contribution is -2.37. The quantitative estimate of drug-likeness (QED) is 0.666. The van der Waals surface area contributed by atoms with Gasteiger partial charge in [0, 0.05) is 13.1 Å². The van der Waals surface area contributed by atoms with Crippen LogP contribution in [-0.2, 0) is 4.74 Å². The zero-order valence-electron chi connectivity index (χ0n) is 11.0. The molecule has 0 saturated carbocycles. The summed E-state index contributed by atoms with van der Waals surface area (Å²) in [5, 5.41) is 20.0. The number of nitro benzene ring substituents is 1. The predicted molar refractivity (Wildman–Crippen MR) is 76.4 cm³/mol. The Balaban J connectivity index is 2.07. The Kier molecular flexibility index (Phi) is 5.17. The van der Waals surface area contributed by atoms with E-state index in [-0.39, 0.29) is 23.4 Å². The van der Waals surface area contributed by atoms with E-state index in [1.807, 2.05) is 4.90 Å². The molecule has 1 aliphatic heterocycles. The van der Waals surface area contributed by atoms with Gasteiger partial charge in [-0.25, -0.2) is 0 Å². The first-order valence-electron chi connectivity index (χ1n) is 6.53. The lowest BCUT2D eigenvalue weighted by Gasteiger charge is -2.33. The number of hydrogen-bond acceptors (Lipinski definition) is 5. The highest BCUT2D eigenvalue weighted by Crippen LogP contribution is 2.36. The average molecular weight is 301 g/mol. The van der Waals surface area contributed by atoms with Crippen molar-refractivity contribution in [3.05, 3.63) is 33.3 Å². The molecule has 0 amide bonds. The highest BCUT2D eigenvalue weighted by molar-refractivity contribution is 6.33. The highest BCUT2D eigenvalue weighted by Gasteiger charge is 2.26.